The van der Waals surface area contributed by atoms with Crippen LogP contribution in [0, 0.1) is 0 Å². The number of likely N-dealkylation sites (tertiary alicyclic amines) is 1. The smallest absolute Gasteiger partial charge is 0.325 e. The highest BCUT2D eigenvalue weighted by atomic mass is 32.1. The van der Waals surface area contributed by atoms with Crippen LogP contribution in [0.4, 0.5) is 0 Å². The van der Waals surface area contributed by atoms with E-state index in [4.69, 9.17) is 10.8 Å². The minimum absolute atomic E-state index is 0.0397. The molecule has 6 heteroatoms. The van der Waals surface area contributed by atoms with E-state index in [1.165, 1.54) is 4.88 Å². The molecule has 0 aromatic carbocycles. The maximum absolute atomic E-state index is 12.7. The Balaban J connectivity index is 1.77. The Morgan fingerprint density at radius 1 is 1.50 bits per heavy atom. The largest absolute Gasteiger partial charge is 0.480 e. The Morgan fingerprint density at radius 3 is 3.00 bits per heavy atom. The first-order valence-corrected chi connectivity index (χ1v) is 7.76. The SMILES string of the molecule is NC1(C(=O)O)CCN(C(=O)C2CCCc3sccc32)C1. The van der Waals surface area contributed by atoms with Crippen LogP contribution < -0.4 is 5.73 Å². The summed E-state index contributed by atoms with van der Waals surface area (Å²) in [5.41, 5.74) is 5.70. The van der Waals surface area contributed by atoms with Crippen molar-refractivity contribution in [1.29, 1.82) is 0 Å². The number of aryl methyl sites for hydroxylation is 1. The zero-order chi connectivity index (χ0) is 14.3. The van der Waals surface area contributed by atoms with Crippen molar-refractivity contribution in [3.05, 3.63) is 21.9 Å². The molecule has 0 radical (unpaired) electrons. The highest BCUT2D eigenvalue weighted by molar-refractivity contribution is 7.10. The van der Waals surface area contributed by atoms with Crippen molar-refractivity contribution in [3.63, 3.8) is 0 Å². The summed E-state index contributed by atoms with van der Waals surface area (Å²) in [6.45, 7) is 0.564. The molecule has 1 aliphatic heterocycles. The van der Waals surface area contributed by atoms with Crippen molar-refractivity contribution in [2.24, 2.45) is 5.73 Å². The third kappa shape index (κ3) is 2.13. The van der Waals surface area contributed by atoms with E-state index in [1.54, 1.807) is 16.2 Å². The molecule has 1 aromatic heterocycles. The normalized spacial score (nSPS) is 29.2. The van der Waals surface area contributed by atoms with Gasteiger partial charge in [0.25, 0.3) is 0 Å². The predicted molar refractivity (Wildman–Crippen MR) is 75.7 cm³/mol. The van der Waals surface area contributed by atoms with Crippen molar-refractivity contribution in [2.45, 2.75) is 37.1 Å². The predicted octanol–water partition coefficient (Wildman–Crippen LogP) is 1.18. The first-order valence-electron chi connectivity index (χ1n) is 6.88. The van der Waals surface area contributed by atoms with E-state index in [2.05, 4.69) is 0 Å². The molecule has 0 saturated carbocycles. The van der Waals surface area contributed by atoms with Crippen LogP contribution in [-0.2, 0) is 16.0 Å². The van der Waals surface area contributed by atoms with E-state index in [0.29, 0.717) is 13.0 Å². The number of nitrogens with two attached hydrogens (primary N) is 1. The summed E-state index contributed by atoms with van der Waals surface area (Å²) in [6.07, 6.45) is 3.25. The van der Waals surface area contributed by atoms with Crippen molar-refractivity contribution in [1.82, 2.24) is 4.90 Å². The second-order valence-corrected chi connectivity index (χ2v) is 6.72. The summed E-state index contributed by atoms with van der Waals surface area (Å²) in [7, 11) is 0. The van der Waals surface area contributed by atoms with Gasteiger partial charge >= 0.3 is 5.97 Å². The van der Waals surface area contributed by atoms with Crippen LogP contribution >= 0.6 is 11.3 Å². The molecule has 2 unspecified atom stereocenters. The first-order chi connectivity index (χ1) is 9.51. The highest BCUT2D eigenvalue weighted by Crippen LogP contribution is 2.37. The van der Waals surface area contributed by atoms with E-state index in [9.17, 15) is 9.59 Å². The number of carbonyl (C=O) groups excluding carboxylic acids is 1. The number of aliphatic carboxylic acids is 1. The number of carbonyl (C=O) groups is 2. The van der Waals surface area contributed by atoms with Crippen LogP contribution in [0.3, 0.4) is 0 Å². The molecular weight excluding hydrogens is 276 g/mol. The average Bonchev–Trinajstić information content (AvgIpc) is 3.04. The van der Waals surface area contributed by atoms with Gasteiger partial charge in [-0.3, -0.25) is 9.59 Å². The van der Waals surface area contributed by atoms with Crippen LogP contribution in [0.2, 0.25) is 0 Å². The quantitative estimate of drug-likeness (QED) is 0.858. The molecule has 2 aliphatic rings. The number of rotatable bonds is 2. The van der Waals surface area contributed by atoms with E-state index >= 15 is 0 Å². The average molecular weight is 294 g/mol. The molecule has 1 fully saturated rings. The fourth-order valence-corrected chi connectivity index (χ4v) is 4.15. The number of hydrogen-bond donors (Lipinski definition) is 2. The number of hydrogen-bond acceptors (Lipinski definition) is 4. The highest BCUT2D eigenvalue weighted by Gasteiger charge is 2.44. The lowest BCUT2D eigenvalue weighted by Gasteiger charge is -2.27. The molecule has 0 spiro atoms. The van der Waals surface area contributed by atoms with Crippen molar-refractivity contribution >= 4 is 23.2 Å². The standard InChI is InChI=1S/C14H18N2O3S/c15-14(13(18)19)5-6-16(8-14)12(17)10-2-1-3-11-9(10)4-7-20-11/h4,7,10H,1-3,5-6,8,15H2,(H,18,19). The van der Waals surface area contributed by atoms with E-state index in [1.807, 2.05) is 11.4 Å². The molecule has 108 valence electrons. The van der Waals surface area contributed by atoms with Gasteiger partial charge < -0.3 is 15.7 Å². The third-order valence-electron chi connectivity index (χ3n) is 4.39. The molecular formula is C14H18N2O3S. The molecule has 5 nitrogen and oxygen atoms in total. The van der Waals surface area contributed by atoms with Crippen molar-refractivity contribution < 1.29 is 14.7 Å². The topological polar surface area (TPSA) is 83.6 Å². The van der Waals surface area contributed by atoms with Gasteiger partial charge in [0.1, 0.15) is 5.54 Å². The van der Waals surface area contributed by atoms with Gasteiger partial charge in [0.2, 0.25) is 5.91 Å². The van der Waals surface area contributed by atoms with Gasteiger partial charge in [-0.05, 0) is 42.7 Å². The van der Waals surface area contributed by atoms with Gasteiger partial charge in [-0.15, -0.1) is 11.3 Å². The van der Waals surface area contributed by atoms with Crippen LogP contribution in [0.1, 0.15) is 35.6 Å². The Hall–Kier alpha value is -1.40. The number of amides is 1. The summed E-state index contributed by atoms with van der Waals surface area (Å²) in [5.74, 6) is -1.09. The maximum Gasteiger partial charge on any atom is 0.325 e. The van der Waals surface area contributed by atoms with Crippen LogP contribution in [0.15, 0.2) is 11.4 Å². The second kappa shape index (κ2) is 4.86. The number of nitrogens with zero attached hydrogens (tertiary/aromatic N) is 1. The monoisotopic (exact) mass is 294 g/mol. The lowest BCUT2D eigenvalue weighted by molar-refractivity contribution is -0.143. The molecule has 2 heterocycles. The number of fused-ring (bicyclic) bond motifs is 1. The fourth-order valence-electron chi connectivity index (χ4n) is 3.16. The van der Waals surface area contributed by atoms with Crippen LogP contribution in [0.25, 0.3) is 0 Å². The minimum atomic E-state index is -1.28. The molecule has 1 amide bonds. The van der Waals surface area contributed by atoms with Crippen molar-refractivity contribution in [2.75, 3.05) is 13.1 Å². The summed E-state index contributed by atoms with van der Waals surface area (Å²) < 4.78 is 0. The maximum atomic E-state index is 12.7. The van der Waals surface area contributed by atoms with Crippen molar-refractivity contribution in [3.8, 4) is 0 Å². The fraction of sp³-hybridized carbons (Fsp3) is 0.571. The van der Waals surface area contributed by atoms with Crippen LogP contribution in [-0.4, -0.2) is 40.5 Å². The first kappa shape index (κ1) is 13.6. The van der Waals surface area contributed by atoms with E-state index in [0.717, 1.165) is 24.8 Å². The Bertz CT molecular complexity index is 556. The van der Waals surface area contributed by atoms with Gasteiger partial charge in [0.15, 0.2) is 0 Å². The lowest BCUT2D eigenvalue weighted by atomic mass is 9.87. The zero-order valence-corrected chi connectivity index (χ0v) is 12.0. The summed E-state index contributed by atoms with van der Waals surface area (Å²) in [4.78, 5) is 26.7. The second-order valence-electron chi connectivity index (χ2n) is 5.72. The minimum Gasteiger partial charge on any atom is -0.480 e. The molecule has 1 saturated heterocycles. The third-order valence-corrected chi connectivity index (χ3v) is 5.38. The van der Waals surface area contributed by atoms with Crippen LogP contribution in [0.5, 0.6) is 0 Å². The Labute approximate surface area is 121 Å². The summed E-state index contributed by atoms with van der Waals surface area (Å²) >= 11 is 1.70. The van der Waals surface area contributed by atoms with Gasteiger partial charge in [-0.25, -0.2) is 0 Å². The molecule has 0 bridgehead atoms. The molecule has 2 atom stereocenters. The molecule has 1 aromatic rings. The number of thiophene rings is 1. The van der Waals surface area contributed by atoms with Gasteiger partial charge in [0.05, 0.1) is 5.92 Å². The number of carboxylic acid groups (broad SMARTS) is 1. The Morgan fingerprint density at radius 2 is 2.30 bits per heavy atom. The van der Waals surface area contributed by atoms with Gasteiger partial charge in [-0.2, -0.15) is 0 Å². The van der Waals surface area contributed by atoms with Gasteiger partial charge in [0, 0.05) is 18.0 Å². The molecule has 3 rings (SSSR count). The zero-order valence-electron chi connectivity index (χ0n) is 11.2. The summed E-state index contributed by atoms with van der Waals surface area (Å²) in [6, 6.07) is 2.03. The van der Waals surface area contributed by atoms with E-state index in [-0.39, 0.29) is 18.4 Å². The van der Waals surface area contributed by atoms with E-state index < -0.39 is 11.5 Å². The number of carboxylic acids is 1. The lowest BCUT2D eigenvalue weighted by Crippen LogP contribution is -2.51. The Kier molecular flexibility index (Phi) is 3.30. The molecule has 20 heavy (non-hydrogen) atoms. The molecule has 3 N–H and O–H groups in total. The molecule has 1 aliphatic carbocycles. The van der Waals surface area contributed by atoms with Gasteiger partial charge in [-0.1, -0.05) is 0 Å². The summed E-state index contributed by atoms with van der Waals surface area (Å²) in [5, 5.41) is 11.2.